The number of rotatable bonds is 26. The molecule has 23 heteroatoms. The third-order valence-corrected chi connectivity index (χ3v) is 9.96. The van der Waals surface area contributed by atoms with Crippen LogP contribution in [-0.2, 0) is 63.1 Å². The number of nitrogens with one attached hydrogen (secondary N) is 1. The van der Waals surface area contributed by atoms with Crippen molar-refractivity contribution in [2.75, 3.05) is 45.8 Å². The fourth-order valence-electron chi connectivity index (χ4n) is 6.15. The number of nitrogens with two attached hydrogens (primary N) is 1. The fourth-order valence-corrected chi connectivity index (χ4v) is 6.66. The number of aliphatic imine (C=N–C) groups is 1. The van der Waals surface area contributed by atoms with Gasteiger partial charge in [0.15, 0.2) is 0 Å². The third-order valence-electron chi connectivity index (χ3n) is 9.03. The highest BCUT2D eigenvalue weighted by Gasteiger charge is 2.34. The van der Waals surface area contributed by atoms with Crippen LogP contribution in [0.4, 0.5) is 0 Å². The minimum atomic E-state index is -3.93. The maximum atomic E-state index is 13.5. The maximum Gasteiger partial charge on any atom is 0.323 e. The molecule has 0 saturated heterocycles. The quantitative estimate of drug-likeness (QED) is 0.0582. The van der Waals surface area contributed by atoms with Crippen molar-refractivity contribution in [2.45, 2.75) is 68.5 Å². The van der Waals surface area contributed by atoms with E-state index >= 15 is 0 Å². The van der Waals surface area contributed by atoms with E-state index < -0.39 is 89.6 Å². The Hall–Kier alpha value is -5.94. The smallest absolute Gasteiger partial charge is 0.323 e. The molecule has 3 rings (SSSR count). The number of carboxylic acids is 5. The highest BCUT2D eigenvalue weighted by Crippen LogP contribution is 2.26. The van der Waals surface area contributed by atoms with E-state index in [1.807, 2.05) is 4.90 Å². The van der Waals surface area contributed by atoms with E-state index in [1.54, 1.807) is 17.0 Å². The van der Waals surface area contributed by atoms with Crippen LogP contribution >= 0.6 is 0 Å². The number of amides is 2. The molecule has 0 atom stereocenters. The summed E-state index contributed by atoms with van der Waals surface area (Å²) < 4.78 is 25.0. The molecule has 0 fully saturated rings. The Morgan fingerprint density at radius 1 is 0.807 bits per heavy atom. The van der Waals surface area contributed by atoms with Crippen LogP contribution in [0.3, 0.4) is 0 Å². The van der Waals surface area contributed by atoms with E-state index in [4.69, 9.17) is 5.14 Å². The first-order valence-corrected chi connectivity index (χ1v) is 19.1. The summed E-state index contributed by atoms with van der Waals surface area (Å²) in [6.45, 7) is -1.34. The van der Waals surface area contributed by atoms with Crippen molar-refractivity contribution in [1.29, 1.82) is 0 Å². The summed E-state index contributed by atoms with van der Waals surface area (Å²) in [5, 5.41) is 54.4. The summed E-state index contributed by atoms with van der Waals surface area (Å²) in [6.07, 6.45) is 1.26. The second-order valence-electron chi connectivity index (χ2n) is 13.4. The highest BCUT2D eigenvalue weighted by atomic mass is 32.2. The Morgan fingerprint density at radius 3 is 1.88 bits per heavy atom. The lowest BCUT2D eigenvalue weighted by Gasteiger charge is -2.34. The Morgan fingerprint density at radius 2 is 1.37 bits per heavy atom. The number of carbonyl (C=O) groups excluding carboxylic acids is 2. The molecule has 2 amide bonds. The van der Waals surface area contributed by atoms with Crippen LogP contribution < -0.4 is 10.5 Å². The molecule has 2 heterocycles. The van der Waals surface area contributed by atoms with Crippen molar-refractivity contribution in [3.8, 4) is 0 Å². The second kappa shape index (κ2) is 20.8. The first-order valence-electron chi connectivity index (χ1n) is 17.6. The predicted octanol–water partition coefficient (Wildman–Crippen LogP) is -1.26. The van der Waals surface area contributed by atoms with Gasteiger partial charge in [0.1, 0.15) is 31.3 Å². The van der Waals surface area contributed by atoms with Crippen LogP contribution in [0.5, 0.6) is 0 Å². The van der Waals surface area contributed by atoms with Crippen LogP contribution in [0.15, 0.2) is 46.5 Å². The molecule has 57 heavy (non-hydrogen) atoms. The SMILES string of the molecule is NS(=O)(=O)c1ccc(CCN(CC2=NCCN2CC(=O)N(CC(=O)O)CC(=O)O)Cc2nccn2CC(=O)NC(CCC(=O)O)(CCC(=O)O)CCC(=O)O)cc1. The van der Waals surface area contributed by atoms with Gasteiger partial charge in [0.2, 0.25) is 21.8 Å². The number of benzene rings is 1. The van der Waals surface area contributed by atoms with E-state index in [-0.39, 0.29) is 63.4 Å². The number of imidazole rings is 1. The van der Waals surface area contributed by atoms with Crippen LogP contribution in [0.1, 0.15) is 49.9 Å². The van der Waals surface area contributed by atoms with Gasteiger partial charge in [-0.3, -0.25) is 43.5 Å². The molecule has 8 N–H and O–H groups in total. The number of sulfonamides is 1. The molecular formula is C34H46N8O14S. The molecule has 0 saturated carbocycles. The number of primary sulfonamides is 1. The van der Waals surface area contributed by atoms with Gasteiger partial charge in [0.05, 0.1) is 31.1 Å². The summed E-state index contributed by atoms with van der Waals surface area (Å²) in [5.74, 6) is -7.06. The molecule has 2 aromatic rings. The Labute approximate surface area is 326 Å². The number of carboxylic acid groups (broad SMARTS) is 5. The van der Waals surface area contributed by atoms with E-state index in [2.05, 4.69) is 15.3 Å². The van der Waals surface area contributed by atoms with Crippen LogP contribution in [0, 0.1) is 0 Å². The highest BCUT2D eigenvalue weighted by molar-refractivity contribution is 7.89. The van der Waals surface area contributed by atoms with Gasteiger partial charge >= 0.3 is 29.8 Å². The Kier molecular flexibility index (Phi) is 16.6. The monoisotopic (exact) mass is 822 g/mol. The van der Waals surface area contributed by atoms with Gasteiger partial charge in [0.25, 0.3) is 0 Å². The number of hydrogen-bond acceptors (Lipinski definition) is 13. The van der Waals surface area contributed by atoms with Gasteiger partial charge in [-0.15, -0.1) is 0 Å². The number of nitrogens with zero attached hydrogens (tertiary/aromatic N) is 6. The van der Waals surface area contributed by atoms with Gasteiger partial charge < -0.3 is 45.2 Å². The number of amidine groups is 1. The molecular weight excluding hydrogens is 776 g/mol. The van der Waals surface area contributed by atoms with Crippen LogP contribution in [0.2, 0.25) is 0 Å². The van der Waals surface area contributed by atoms with Crippen LogP contribution in [0.25, 0.3) is 0 Å². The lowest BCUT2D eigenvalue weighted by molar-refractivity contribution is -0.149. The van der Waals surface area contributed by atoms with Crippen molar-refractivity contribution in [2.24, 2.45) is 10.1 Å². The van der Waals surface area contributed by atoms with Crippen molar-refractivity contribution < 1.29 is 67.5 Å². The molecule has 22 nitrogen and oxygen atoms in total. The summed E-state index contributed by atoms with van der Waals surface area (Å²) in [7, 11) is -3.93. The molecule has 0 spiro atoms. The third kappa shape index (κ3) is 15.6. The van der Waals surface area contributed by atoms with Crippen molar-refractivity contribution in [3.63, 3.8) is 0 Å². The zero-order valence-electron chi connectivity index (χ0n) is 30.9. The van der Waals surface area contributed by atoms with Gasteiger partial charge in [-0.2, -0.15) is 0 Å². The minimum absolute atomic E-state index is 0.0721. The maximum absolute atomic E-state index is 13.5. The molecule has 0 bridgehead atoms. The van der Waals surface area contributed by atoms with Crippen molar-refractivity contribution in [3.05, 3.63) is 48.0 Å². The van der Waals surface area contributed by atoms with Gasteiger partial charge in [0, 0.05) is 50.3 Å². The lowest BCUT2D eigenvalue weighted by Crippen LogP contribution is -2.50. The van der Waals surface area contributed by atoms with E-state index in [0.717, 1.165) is 5.56 Å². The molecule has 0 radical (unpaired) electrons. The number of aliphatic carboxylic acids is 5. The summed E-state index contributed by atoms with van der Waals surface area (Å²) in [6, 6.07) is 5.90. The van der Waals surface area contributed by atoms with E-state index in [9.17, 15) is 67.5 Å². The topological polar surface area (TPSA) is 333 Å². The van der Waals surface area contributed by atoms with Crippen molar-refractivity contribution in [1.82, 2.24) is 29.6 Å². The normalized spacial score (nSPS) is 12.9. The van der Waals surface area contributed by atoms with Gasteiger partial charge in [-0.05, 0) is 43.4 Å². The zero-order chi connectivity index (χ0) is 42.3. The molecule has 0 unspecified atom stereocenters. The molecule has 1 aliphatic heterocycles. The van der Waals surface area contributed by atoms with E-state index in [0.29, 0.717) is 29.5 Å². The summed E-state index contributed by atoms with van der Waals surface area (Å²) in [4.78, 5) is 96.5. The van der Waals surface area contributed by atoms with Gasteiger partial charge in [-0.1, -0.05) is 12.1 Å². The predicted molar refractivity (Wildman–Crippen MR) is 196 cm³/mol. The van der Waals surface area contributed by atoms with E-state index in [1.165, 1.54) is 29.1 Å². The zero-order valence-corrected chi connectivity index (χ0v) is 31.7. The minimum Gasteiger partial charge on any atom is -0.481 e. The summed E-state index contributed by atoms with van der Waals surface area (Å²) in [5.41, 5.74) is -0.724. The number of carbonyl (C=O) groups is 7. The average molecular weight is 823 g/mol. The summed E-state index contributed by atoms with van der Waals surface area (Å²) >= 11 is 0. The first-order chi connectivity index (χ1) is 26.7. The molecule has 312 valence electrons. The second-order valence-corrected chi connectivity index (χ2v) is 14.9. The Bertz CT molecular complexity index is 1870. The van der Waals surface area contributed by atoms with Crippen molar-refractivity contribution >= 4 is 57.5 Å². The molecule has 0 aliphatic carbocycles. The fraction of sp³-hybridized carbons (Fsp3) is 0.500. The molecule has 1 aliphatic rings. The standard InChI is InChI=1S/C34H46N8O14S/c35-57(55,56)24-3-1-23(2-4-24)8-14-39(18-26-37-13-16-41(26)20-28(44)42(21-32(51)52)22-33(53)54)17-25-36-12-15-40(25)19-27(43)38-34(9-5-29(45)46,10-6-30(47)48)11-7-31(49)50/h1-4,12,15H,5-11,13-14,16-22H2,(H,38,43)(H,45,46)(H,47,48)(H,49,50)(H,51,52)(H,53,54)(H2,35,55,56). The average Bonchev–Trinajstić information content (AvgIpc) is 3.74. The first kappa shape index (κ1) is 45.4. The van der Waals surface area contributed by atoms with Gasteiger partial charge in [-0.25, -0.2) is 18.5 Å². The number of aromatic nitrogens is 2. The molecule has 1 aromatic carbocycles. The lowest BCUT2D eigenvalue weighted by atomic mass is 9.83. The largest absolute Gasteiger partial charge is 0.481 e. The van der Waals surface area contributed by atoms with Crippen LogP contribution in [-0.4, -0.2) is 157 Å². The Balaban J connectivity index is 1.86. The number of hydrogen-bond donors (Lipinski definition) is 7. The molecule has 1 aromatic heterocycles.